The Bertz CT molecular complexity index is 491. The van der Waals surface area contributed by atoms with Crippen molar-refractivity contribution in [2.75, 3.05) is 31.6 Å². The molecule has 2 N–H and O–H groups in total. The number of aliphatic hydroxyl groups excluding tert-OH is 1. The first-order valence-corrected chi connectivity index (χ1v) is 7.99. The number of anilines is 1. The van der Waals surface area contributed by atoms with Crippen LogP contribution in [-0.2, 0) is 4.74 Å². The van der Waals surface area contributed by atoms with Gasteiger partial charge in [0.15, 0.2) is 0 Å². The van der Waals surface area contributed by atoms with Gasteiger partial charge in [-0.2, -0.15) is 0 Å². The van der Waals surface area contributed by atoms with Gasteiger partial charge in [-0.15, -0.1) is 0 Å². The molecule has 0 radical (unpaired) electrons. The van der Waals surface area contributed by atoms with Crippen molar-refractivity contribution in [2.45, 2.75) is 38.9 Å². The summed E-state index contributed by atoms with van der Waals surface area (Å²) in [4.78, 5) is 14.2. The summed E-state index contributed by atoms with van der Waals surface area (Å²) in [5.74, 6) is -0.0131. The molecule has 0 bridgehead atoms. The van der Waals surface area contributed by atoms with Gasteiger partial charge in [-0.1, -0.05) is 6.07 Å². The fraction of sp³-hybridized carbons (Fsp3) is 0.588. The predicted molar refractivity (Wildman–Crippen MR) is 87.2 cm³/mol. The third-order valence-electron chi connectivity index (χ3n) is 3.68. The van der Waals surface area contributed by atoms with Crippen molar-refractivity contribution in [3.8, 4) is 0 Å². The van der Waals surface area contributed by atoms with E-state index in [4.69, 9.17) is 4.74 Å². The highest BCUT2D eigenvalue weighted by Gasteiger charge is 2.23. The van der Waals surface area contributed by atoms with Gasteiger partial charge in [-0.25, -0.2) is 0 Å². The summed E-state index contributed by atoms with van der Waals surface area (Å²) < 4.78 is 5.48. The van der Waals surface area contributed by atoms with E-state index >= 15 is 0 Å². The number of benzene rings is 1. The molecule has 22 heavy (non-hydrogen) atoms. The Morgan fingerprint density at radius 2 is 2.32 bits per heavy atom. The third-order valence-corrected chi connectivity index (χ3v) is 3.68. The van der Waals surface area contributed by atoms with Crippen LogP contribution < -0.4 is 5.32 Å². The van der Waals surface area contributed by atoms with E-state index in [1.807, 2.05) is 38.1 Å². The van der Waals surface area contributed by atoms with Crippen molar-refractivity contribution in [3.63, 3.8) is 0 Å². The maximum atomic E-state index is 12.5. The molecule has 5 nitrogen and oxygen atoms in total. The molecule has 1 aromatic carbocycles. The van der Waals surface area contributed by atoms with Gasteiger partial charge in [0.05, 0.1) is 18.8 Å². The lowest BCUT2D eigenvalue weighted by Crippen LogP contribution is -2.42. The zero-order chi connectivity index (χ0) is 15.9. The van der Waals surface area contributed by atoms with Crippen LogP contribution >= 0.6 is 0 Å². The number of piperidine rings is 1. The van der Waals surface area contributed by atoms with E-state index < -0.39 is 6.10 Å². The van der Waals surface area contributed by atoms with E-state index in [9.17, 15) is 9.90 Å². The average molecular weight is 306 g/mol. The normalized spacial score (nSPS) is 18.5. The van der Waals surface area contributed by atoms with Crippen LogP contribution in [-0.4, -0.2) is 54.4 Å². The molecule has 1 heterocycles. The lowest BCUT2D eigenvalue weighted by atomic mass is 10.1. The fourth-order valence-corrected chi connectivity index (χ4v) is 2.57. The van der Waals surface area contributed by atoms with E-state index in [1.165, 1.54) is 0 Å². The largest absolute Gasteiger partial charge is 0.391 e. The number of carbonyl (C=O) groups is 1. The number of hydrogen-bond acceptors (Lipinski definition) is 4. The van der Waals surface area contributed by atoms with Crippen molar-refractivity contribution in [3.05, 3.63) is 29.8 Å². The molecule has 1 atom stereocenters. The van der Waals surface area contributed by atoms with Crippen LogP contribution in [0.5, 0.6) is 0 Å². The number of nitrogens with zero attached hydrogens (tertiary/aromatic N) is 1. The maximum absolute atomic E-state index is 12.5. The number of aliphatic hydroxyl groups is 1. The van der Waals surface area contributed by atoms with E-state index in [-0.39, 0.29) is 12.0 Å². The molecular formula is C17H26N2O3. The second-order valence-electron chi connectivity index (χ2n) is 5.97. The number of β-amino-alcohol motifs (C(OH)–C–C–N with tert-alkyl or cyclic N) is 1. The molecule has 0 saturated carbocycles. The Kier molecular flexibility index (Phi) is 6.21. The SMILES string of the molecule is CC(C)OCCNc1cccc(C(=O)N2CCCC(O)C2)c1. The minimum Gasteiger partial charge on any atom is -0.391 e. The summed E-state index contributed by atoms with van der Waals surface area (Å²) in [5.41, 5.74) is 1.57. The standard InChI is InChI=1S/C17H26N2O3/c1-13(2)22-10-8-18-15-6-3-5-14(11-15)17(21)19-9-4-7-16(20)12-19/h3,5-6,11,13,16,18,20H,4,7-10,12H2,1-2H3. The average Bonchev–Trinajstić information content (AvgIpc) is 2.51. The van der Waals surface area contributed by atoms with E-state index in [1.54, 1.807) is 4.90 Å². The Morgan fingerprint density at radius 1 is 1.50 bits per heavy atom. The van der Waals surface area contributed by atoms with Gasteiger partial charge >= 0.3 is 0 Å². The van der Waals surface area contributed by atoms with Crippen molar-refractivity contribution >= 4 is 11.6 Å². The Balaban J connectivity index is 1.91. The van der Waals surface area contributed by atoms with Crippen molar-refractivity contribution in [1.29, 1.82) is 0 Å². The number of carbonyl (C=O) groups excluding carboxylic acids is 1. The minimum absolute atomic E-state index is 0.0131. The smallest absolute Gasteiger partial charge is 0.254 e. The molecule has 2 rings (SSSR count). The van der Waals surface area contributed by atoms with E-state index in [2.05, 4.69) is 5.32 Å². The highest BCUT2D eigenvalue weighted by molar-refractivity contribution is 5.95. The Labute approximate surface area is 132 Å². The molecule has 1 aliphatic rings. The van der Waals surface area contributed by atoms with Crippen LogP contribution in [0.15, 0.2) is 24.3 Å². The van der Waals surface area contributed by atoms with Gasteiger partial charge in [0.25, 0.3) is 5.91 Å². The second kappa shape index (κ2) is 8.15. The summed E-state index contributed by atoms with van der Waals surface area (Å²) in [5, 5.41) is 13.0. The summed E-state index contributed by atoms with van der Waals surface area (Å²) in [7, 11) is 0. The van der Waals surface area contributed by atoms with Crippen molar-refractivity contribution < 1.29 is 14.6 Å². The van der Waals surface area contributed by atoms with Crippen molar-refractivity contribution in [2.24, 2.45) is 0 Å². The van der Waals surface area contributed by atoms with Gasteiger partial charge in [-0.05, 0) is 44.9 Å². The number of likely N-dealkylation sites (tertiary alicyclic amines) is 1. The molecule has 1 aromatic rings. The number of hydrogen-bond donors (Lipinski definition) is 2. The molecule has 1 aliphatic heterocycles. The molecule has 1 unspecified atom stereocenters. The zero-order valence-corrected chi connectivity index (χ0v) is 13.4. The fourth-order valence-electron chi connectivity index (χ4n) is 2.57. The van der Waals surface area contributed by atoms with Gasteiger partial charge in [0.1, 0.15) is 0 Å². The first-order chi connectivity index (χ1) is 10.6. The molecule has 1 saturated heterocycles. The predicted octanol–water partition coefficient (Wildman–Crippen LogP) is 2.12. The molecular weight excluding hydrogens is 280 g/mol. The van der Waals surface area contributed by atoms with E-state index in [0.29, 0.717) is 25.3 Å². The van der Waals surface area contributed by atoms with Crippen LogP contribution in [0, 0.1) is 0 Å². The quantitative estimate of drug-likeness (QED) is 0.790. The molecule has 0 spiro atoms. The Morgan fingerprint density at radius 3 is 3.05 bits per heavy atom. The number of ether oxygens (including phenoxy) is 1. The van der Waals surface area contributed by atoms with Crippen molar-refractivity contribution in [1.82, 2.24) is 4.90 Å². The van der Waals surface area contributed by atoms with Gasteiger partial charge < -0.3 is 20.1 Å². The molecule has 122 valence electrons. The van der Waals surface area contributed by atoms with Gasteiger partial charge in [0, 0.05) is 30.9 Å². The number of nitrogens with one attached hydrogen (secondary N) is 1. The highest BCUT2D eigenvalue weighted by atomic mass is 16.5. The summed E-state index contributed by atoms with van der Waals surface area (Å²) in [6, 6.07) is 7.49. The molecule has 5 heteroatoms. The van der Waals surface area contributed by atoms with Crippen LogP contribution in [0.25, 0.3) is 0 Å². The van der Waals surface area contributed by atoms with Crippen LogP contribution in [0.3, 0.4) is 0 Å². The highest BCUT2D eigenvalue weighted by Crippen LogP contribution is 2.16. The lowest BCUT2D eigenvalue weighted by molar-refractivity contribution is 0.0474. The summed E-state index contributed by atoms with van der Waals surface area (Å²) in [6.45, 7) is 6.50. The monoisotopic (exact) mass is 306 g/mol. The summed E-state index contributed by atoms with van der Waals surface area (Å²) >= 11 is 0. The van der Waals surface area contributed by atoms with Crippen LogP contribution in [0.1, 0.15) is 37.0 Å². The lowest BCUT2D eigenvalue weighted by Gasteiger charge is -2.30. The van der Waals surface area contributed by atoms with E-state index in [0.717, 1.165) is 25.1 Å². The minimum atomic E-state index is -0.396. The summed E-state index contributed by atoms with van der Waals surface area (Å²) in [6.07, 6.45) is 1.46. The molecule has 0 aliphatic carbocycles. The Hall–Kier alpha value is -1.59. The molecule has 1 amide bonds. The second-order valence-corrected chi connectivity index (χ2v) is 5.97. The first kappa shape index (κ1) is 16.8. The van der Waals surface area contributed by atoms with Gasteiger partial charge in [-0.3, -0.25) is 4.79 Å². The molecule has 1 fully saturated rings. The number of amides is 1. The zero-order valence-electron chi connectivity index (χ0n) is 13.4. The topological polar surface area (TPSA) is 61.8 Å². The van der Waals surface area contributed by atoms with Crippen LogP contribution in [0.2, 0.25) is 0 Å². The van der Waals surface area contributed by atoms with Crippen LogP contribution in [0.4, 0.5) is 5.69 Å². The van der Waals surface area contributed by atoms with Gasteiger partial charge in [0.2, 0.25) is 0 Å². The first-order valence-electron chi connectivity index (χ1n) is 7.99. The number of rotatable bonds is 6. The maximum Gasteiger partial charge on any atom is 0.254 e. The molecule has 0 aromatic heterocycles. The third kappa shape index (κ3) is 5.00.